The summed E-state index contributed by atoms with van der Waals surface area (Å²) >= 11 is 0. The van der Waals surface area contributed by atoms with Gasteiger partial charge in [0.25, 0.3) is 0 Å². The fourth-order valence-corrected chi connectivity index (χ4v) is 3.83. The van der Waals surface area contributed by atoms with Crippen LogP contribution in [0.2, 0.25) is 0 Å². The van der Waals surface area contributed by atoms with Crippen molar-refractivity contribution in [2.75, 3.05) is 13.7 Å². The summed E-state index contributed by atoms with van der Waals surface area (Å²) in [5.41, 5.74) is 0. The van der Waals surface area contributed by atoms with Crippen LogP contribution in [0.4, 0.5) is 0 Å². The fraction of sp³-hybridized carbons (Fsp3) is 1.00. The van der Waals surface area contributed by atoms with Crippen molar-refractivity contribution in [2.45, 2.75) is 76.9 Å². The average Bonchev–Trinajstić information content (AvgIpc) is 2.90. The topological polar surface area (TPSA) is 21.3 Å². The monoisotopic (exact) mass is 253 g/mol. The molecule has 3 unspecified atom stereocenters. The van der Waals surface area contributed by atoms with E-state index in [1.54, 1.807) is 0 Å². The van der Waals surface area contributed by atoms with Gasteiger partial charge in [-0.2, -0.15) is 0 Å². The molecule has 2 aliphatic carbocycles. The van der Waals surface area contributed by atoms with E-state index in [1.165, 1.54) is 57.8 Å². The standard InChI is InChI=1S/C16H31NO/c1-3-6-13-9-10-15(17-2)16(11-13)18-12-14-7-4-5-8-14/h13-17H,3-12H2,1-2H3. The van der Waals surface area contributed by atoms with E-state index in [2.05, 4.69) is 19.3 Å². The summed E-state index contributed by atoms with van der Waals surface area (Å²) in [5, 5.41) is 3.47. The Morgan fingerprint density at radius 3 is 2.50 bits per heavy atom. The summed E-state index contributed by atoms with van der Waals surface area (Å²) in [7, 11) is 2.09. The maximum atomic E-state index is 6.28. The first-order valence-electron chi connectivity index (χ1n) is 8.12. The third-order valence-electron chi connectivity index (χ3n) is 4.99. The van der Waals surface area contributed by atoms with Gasteiger partial charge in [0.15, 0.2) is 0 Å². The zero-order chi connectivity index (χ0) is 12.8. The number of rotatable bonds is 6. The molecule has 0 saturated heterocycles. The second-order valence-electron chi connectivity index (χ2n) is 6.39. The molecule has 0 aliphatic heterocycles. The van der Waals surface area contributed by atoms with Crippen LogP contribution >= 0.6 is 0 Å². The first-order chi connectivity index (χ1) is 8.83. The minimum Gasteiger partial charge on any atom is -0.376 e. The smallest absolute Gasteiger partial charge is 0.0730 e. The molecule has 2 rings (SSSR count). The number of likely N-dealkylation sites (N-methyl/N-ethyl adjacent to an activating group) is 1. The molecule has 2 nitrogen and oxygen atoms in total. The van der Waals surface area contributed by atoms with Crippen molar-refractivity contribution in [1.29, 1.82) is 0 Å². The van der Waals surface area contributed by atoms with E-state index in [0.29, 0.717) is 12.1 Å². The molecule has 0 spiro atoms. The highest BCUT2D eigenvalue weighted by Gasteiger charge is 2.30. The van der Waals surface area contributed by atoms with E-state index in [4.69, 9.17) is 4.74 Å². The van der Waals surface area contributed by atoms with Crippen LogP contribution in [0.25, 0.3) is 0 Å². The molecule has 2 heteroatoms. The third kappa shape index (κ3) is 3.96. The van der Waals surface area contributed by atoms with E-state index in [-0.39, 0.29) is 0 Å². The average molecular weight is 253 g/mol. The molecule has 2 fully saturated rings. The van der Waals surface area contributed by atoms with Crippen molar-refractivity contribution in [2.24, 2.45) is 11.8 Å². The normalized spacial score (nSPS) is 34.0. The minimum absolute atomic E-state index is 0.473. The quantitative estimate of drug-likeness (QED) is 0.778. The summed E-state index contributed by atoms with van der Waals surface area (Å²) in [5.74, 6) is 1.77. The Labute approximate surface area is 113 Å². The lowest BCUT2D eigenvalue weighted by molar-refractivity contribution is -0.0241. The molecule has 0 radical (unpaired) electrons. The zero-order valence-electron chi connectivity index (χ0n) is 12.3. The largest absolute Gasteiger partial charge is 0.376 e. The van der Waals surface area contributed by atoms with E-state index < -0.39 is 0 Å². The number of nitrogens with one attached hydrogen (secondary N) is 1. The molecule has 3 atom stereocenters. The van der Waals surface area contributed by atoms with Crippen molar-refractivity contribution in [1.82, 2.24) is 5.32 Å². The van der Waals surface area contributed by atoms with Crippen LogP contribution in [-0.2, 0) is 4.74 Å². The van der Waals surface area contributed by atoms with E-state index in [1.807, 2.05) is 0 Å². The highest BCUT2D eigenvalue weighted by atomic mass is 16.5. The van der Waals surface area contributed by atoms with Crippen LogP contribution in [0.3, 0.4) is 0 Å². The summed E-state index contributed by atoms with van der Waals surface area (Å²) in [6, 6.07) is 0.597. The second kappa shape index (κ2) is 7.49. The van der Waals surface area contributed by atoms with Gasteiger partial charge in [0.1, 0.15) is 0 Å². The summed E-state index contributed by atoms with van der Waals surface area (Å²) < 4.78 is 6.28. The molecular weight excluding hydrogens is 222 g/mol. The zero-order valence-corrected chi connectivity index (χ0v) is 12.3. The summed E-state index contributed by atoms with van der Waals surface area (Å²) in [4.78, 5) is 0. The van der Waals surface area contributed by atoms with Gasteiger partial charge in [-0.3, -0.25) is 0 Å². The van der Waals surface area contributed by atoms with E-state index in [9.17, 15) is 0 Å². The molecule has 18 heavy (non-hydrogen) atoms. The number of hydrogen-bond acceptors (Lipinski definition) is 2. The Morgan fingerprint density at radius 1 is 1.06 bits per heavy atom. The first-order valence-corrected chi connectivity index (χ1v) is 8.12. The van der Waals surface area contributed by atoms with Crippen LogP contribution < -0.4 is 5.32 Å². The molecule has 0 aromatic heterocycles. The van der Waals surface area contributed by atoms with Crippen LogP contribution in [0, 0.1) is 11.8 Å². The number of ether oxygens (including phenoxy) is 1. The highest BCUT2D eigenvalue weighted by molar-refractivity contribution is 4.85. The lowest BCUT2D eigenvalue weighted by Gasteiger charge is -2.36. The van der Waals surface area contributed by atoms with Crippen molar-refractivity contribution < 1.29 is 4.74 Å². The highest BCUT2D eigenvalue weighted by Crippen LogP contribution is 2.31. The summed E-state index contributed by atoms with van der Waals surface area (Å²) in [6.45, 7) is 3.32. The Balaban J connectivity index is 1.77. The Bertz CT molecular complexity index is 225. The van der Waals surface area contributed by atoms with Crippen molar-refractivity contribution in [3.05, 3.63) is 0 Å². The van der Waals surface area contributed by atoms with Gasteiger partial charge in [0, 0.05) is 12.6 Å². The Kier molecular flexibility index (Phi) is 5.97. The molecule has 0 aromatic carbocycles. The third-order valence-corrected chi connectivity index (χ3v) is 4.99. The molecule has 0 bridgehead atoms. The van der Waals surface area contributed by atoms with E-state index in [0.717, 1.165) is 18.4 Å². The fourth-order valence-electron chi connectivity index (χ4n) is 3.83. The molecular formula is C16H31NO. The van der Waals surface area contributed by atoms with Crippen LogP contribution in [-0.4, -0.2) is 25.8 Å². The molecule has 1 N–H and O–H groups in total. The number of hydrogen-bond donors (Lipinski definition) is 1. The van der Waals surface area contributed by atoms with Gasteiger partial charge >= 0.3 is 0 Å². The lowest BCUT2D eigenvalue weighted by atomic mass is 9.81. The van der Waals surface area contributed by atoms with E-state index >= 15 is 0 Å². The minimum atomic E-state index is 0.473. The lowest BCUT2D eigenvalue weighted by Crippen LogP contribution is -2.44. The van der Waals surface area contributed by atoms with Gasteiger partial charge in [-0.1, -0.05) is 32.6 Å². The predicted octanol–water partition coefficient (Wildman–Crippen LogP) is 3.75. The van der Waals surface area contributed by atoms with Crippen LogP contribution in [0.5, 0.6) is 0 Å². The van der Waals surface area contributed by atoms with Crippen molar-refractivity contribution >= 4 is 0 Å². The molecule has 0 heterocycles. The van der Waals surface area contributed by atoms with Gasteiger partial charge in [0.2, 0.25) is 0 Å². The second-order valence-corrected chi connectivity index (χ2v) is 6.39. The Morgan fingerprint density at radius 2 is 1.83 bits per heavy atom. The van der Waals surface area contributed by atoms with Gasteiger partial charge in [-0.15, -0.1) is 0 Å². The van der Waals surface area contributed by atoms with Crippen LogP contribution in [0.15, 0.2) is 0 Å². The van der Waals surface area contributed by atoms with Crippen molar-refractivity contribution in [3.8, 4) is 0 Å². The van der Waals surface area contributed by atoms with Crippen molar-refractivity contribution in [3.63, 3.8) is 0 Å². The maximum Gasteiger partial charge on any atom is 0.0730 e. The Hall–Kier alpha value is -0.0800. The van der Waals surface area contributed by atoms with Gasteiger partial charge < -0.3 is 10.1 Å². The SMILES string of the molecule is CCCC1CCC(NC)C(OCC2CCCC2)C1. The van der Waals surface area contributed by atoms with Gasteiger partial charge in [0.05, 0.1) is 6.10 Å². The van der Waals surface area contributed by atoms with Gasteiger partial charge in [-0.05, 0) is 51.0 Å². The molecule has 106 valence electrons. The van der Waals surface area contributed by atoms with Gasteiger partial charge in [-0.25, -0.2) is 0 Å². The molecule has 2 saturated carbocycles. The molecule has 0 amide bonds. The molecule has 0 aromatic rings. The first kappa shape index (κ1) is 14.3. The molecule has 2 aliphatic rings. The predicted molar refractivity (Wildman–Crippen MR) is 76.8 cm³/mol. The summed E-state index contributed by atoms with van der Waals surface area (Å²) in [6.07, 6.45) is 12.8. The maximum absolute atomic E-state index is 6.28. The van der Waals surface area contributed by atoms with Crippen LogP contribution in [0.1, 0.15) is 64.7 Å².